The molecular weight excluding hydrogens is 522 g/mol. The van der Waals surface area contributed by atoms with Gasteiger partial charge in [0.25, 0.3) is 0 Å². The summed E-state index contributed by atoms with van der Waals surface area (Å²) in [6.45, 7) is 4.20. The van der Waals surface area contributed by atoms with Gasteiger partial charge in [0, 0.05) is 13.0 Å². The lowest BCUT2D eigenvalue weighted by Crippen LogP contribution is -2.54. The normalized spacial score (nSPS) is 25.5. The minimum absolute atomic E-state index is 0.0457. The van der Waals surface area contributed by atoms with E-state index in [1.807, 2.05) is 44.2 Å². The molecule has 0 unspecified atom stereocenters. The van der Waals surface area contributed by atoms with Gasteiger partial charge in [-0.2, -0.15) is 0 Å². The molecular formula is C25H32BrNO8. The van der Waals surface area contributed by atoms with Crippen LogP contribution in [0.1, 0.15) is 32.3 Å². The van der Waals surface area contributed by atoms with Gasteiger partial charge in [0.05, 0.1) is 29.7 Å². The van der Waals surface area contributed by atoms with Gasteiger partial charge in [-0.3, -0.25) is 9.59 Å². The molecule has 2 amide bonds. The molecule has 1 aromatic rings. The quantitative estimate of drug-likeness (QED) is 0.401. The molecule has 0 aromatic heterocycles. The van der Waals surface area contributed by atoms with E-state index in [1.54, 1.807) is 0 Å². The lowest BCUT2D eigenvalue weighted by atomic mass is 9.87. The predicted octanol–water partition coefficient (Wildman–Crippen LogP) is 2.57. The number of amides is 2. The van der Waals surface area contributed by atoms with E-state index < -0.39 is 41.6 Å². The van der Waals surface area contributed by atoms with Gasteiger partial charge < -0.3 is 24.4 Å². The molecule has 2 heterocycles. The van der Waals surface area contributed by atoms with E-state index in [-0.39, 0.29) is 49.7 Å². The summed E-state index contributed by atoms with van der Waals surface area (Å²) in [6.07, 6.45) is -0.226. The number of aliphatic hydroxyl groups is 2. The second-order valence-corrected chi connectivity index (χ2v) is 9.90. The number of cyclic esters (lactones) is 1. The van der Waals surface area contributed by atoms with Gasteiger partial charge >= 0.3 is 6.09 Å². The first kappa shape index (κ1) is 27.5. The Morgan fingerprint density at radius 2 is 1.97 bits per heavy atom. The molecule has 1 saturated heterocycles. The maximum atomic E-state index is 13.8. The highest BCUT2D eigenvalue weighted by molar-refractivity contribution is 9.11. The second kappa shape index (κ2) is 12.2. The van der Waals surface area contributed by atoms with Crippen molar-refractivity contribution in [2.45, 2.75) is 51.0 Å². The molecule has 192 valence electrons. The summed E-state index contributed by atoms with van der Waals surface area (Å²) < 4.78 is 16.5. The fourth-order valence-electron chi connectivity index (χ4n) is 4.23. The molecule has 0 aliphatic carbocycles. The first-order valence-corrected chi connectivity index (χ1v) is 12.5. The van der Waals surface area contributed by atoms with Crippen LogP contribution in [0.4, 0.5) is 4.79 Å². The highest BCUT2D eigenvalue weighted by atomic mass is 79.9. The Kier molecular flexibility index (Phi) is 9.60. The van der Waals surface area contributed by atoms with Crippen LogP contribution in [0.25, 0.3) is 0 Å². The van der Waals surface area contributed by atoms with E-state index in [0.29, 0.717) is 6.42 Å². The SMILES string of the molecule is CC(C)[C@@H]1COC(=O)N1C(=O)[C@@H](Cc1ccccc1)[C@H]1O[C@@](O)(CCCOCCO)C(Br)=CC1=O. The maximum Gasteiger partial charge on any atom is 0.416 e. The van der Waals surface area contributed by atoms with E-state index in [1.165, 1.54) is 6.08 Å². The van der Waals surface area contributed by atoms with Gasteiger partial charge in [-0.05, 0) is 46.3 Å². The Balaban J connectivity index is 1.89. The van der Waals surface area contributed by atoms with Gasteiger partial charge in [-0.1, -0.05) is 44.2 Å². The van der Waals surface area contributed by atoms with Crippen molar-refractivity contribution in [3.8, 4) is 0 Å². The van der Waals surface area contributed by atoms with Crippen LogP contribution in [-0.2, 0) is 30.2 Å². The molecule has 0 spiro atoms. The van der Waals surface area contributed by atoms with Crippen molar-refractivity contribution in [1.29, 1.82) is 0 Å². The summed E-state index contributed by atoms with van der Waals surface area (Å²) in [5.74, 6) is -4.02. The number of halogens is 1. The van der Waals surface area contributed by atoms with Crippen LogP contribution in [0.5, 0.6) is 0 Å². The summed E-state index contributed by atoms with van der Waals surface area (Å²) in [5.41, 5.74) is 0.783. The van der Waals surface area contributed by atoms with Crippen LogP contribution in [0.2, 0.25) is 0 Å². The average Bonchev–Trinajstić information content (AvgIpc) is 3.22. The van der Waals surface area contributed by atoms with Crippen LogP contribution in [0.15, 0.2) is 40.9 Å². The van der Waals surface area contributed by atoms with Gasteiger partial charge in [0.2, 0.25) is 5.91 Å². The Morgan fingerprint density at radius 3 is 2.63 bits per heavy atom. The molecule has 4 atom stereocenters. The summed E-state index contributed by atoms with van der Waals surface area (Å²) in [6, 6.07) is 8.67. The first-order chi connectivity index (χ1) is 16.7. The molecule has 0 bridgehead atoms. The number of ether oxygens (including phenoxy) is 3. The van der Waals surface area contributed by atoms with E-state index in [0.717, 1.165) is 10.5 Å². The van der Waals surface area contributed by atoms with Gasteiger partial charge in [-0.15, -0.1) is 0 Å². The predicted molar refractivity (Wildman–Crippen MR) is 129 cm³/mol. The largest absolute Gasteiger partial charge is 0.447 e. The molecule has 1 aromatic carbocycles. The van der Waals surface area contributed by atoms with Crippen molar-refractivity contribution in [1.82, 2.24) is 4.90 Å². The summed E-state index contributed by atoms with van der Waals surface area (Å²) >= 11 is 3.23. The third-order valence-corrected chi connectivity index (χ3v) is 7.03. The summed E-state index contributed by atoms with van der Waals surface area (Å²) in [4.78, 5) is 40.5. The molecule has 10 heteroatoms. The molecule has 35 heavy (non-hydrogen) atoms. The average molecular weight is 554 g/mol. The van der Waals surface area contributed by atoms with Crippen LogP contribution < -0.4 is 0 Å². The molecule has 0 saturated carbocycles. The molecule has 0 radical (unpaired) electrons. The van der Waals surface area contributed by atoms with Crippen molar-refractivity contribution < 1.29 is 38.8 Å². The standard InChI is InChI=1S/C25H32BrNO8/c1-16(2)19-15-34-24(31)27(19)23(30)18(13-17-7-4-3-5-8-17)22-20(29)14-21(26)25(32,35-22)9-6-11-33-12-10-28/h3-5,7-8,14,16,18-19,22,28,32H,6,9-13,15H2,1-2H3/t18-,19-,22+,25-/m0/s1. The molecule has 3 rings (SSSR count). The van der Waals surface area contributed by atoms with Crippen molar-refractivity contribution in [3.05, 3.63) is 46.5 Å². The van der Waals surface area contributed by atoms with Gasteiger partial charge in [0.15, 0.2) is 11.6 Å². The lowest BCUT2D eigenvalue weighted by molar-refractivity contribution is -0.218. The topological polar surface area (TPSA) is 123 Å². The number of hydrogen-bond donors (Lipinski definition) is 2. The zero-order valence-electron chi connectivity index (χ0n) is 19.9. The lowest BCUT2D eigenvalue weighted by Gasteiger charge is -2.39. The number of carbonyl (C=O) groups excluding carboxylic acids is 3. The fourth-order valence-corrected chi connectivity index (χ4v) is 4.75. The Hall–Kier alpha value is -2.11. The number of imide groups is 1. The second-order valence-electron chi connectivity index (χ2n) is 9.05. The zero-order valence-corrected chi connectivity index (χ0v) is 21.5. The number of ketones is 1. The third-order valence-electron chi connectivity index (χ3n) is 6.18. The Morgan fingerprint density at radius 1 is 1.26 bits per heavy atom. The fraction of sp³-hybridized carbons (Fsp3) is 0.560. The van der Waals surface area contributed by atoms with E-state index in [2.05, 4.69) is 15.9 Å². The van der Waals surface area contributed by atoms with Crippen LogP contribution in [0.3, 0.4) is 0 Å². The molecule has 1 fully saturated rings. The van der Waals surface area contributed by atoms with E-state index in [9.17, 15) is 19.5 Å². The van der Waals surface area contributed by atoms with Crippen molar-refractivity contribution >= 4 is 33.7 Å². The van der Waals surface area contributed by atoms with Crippen LogP contribution >= 0.6 is 15.9 Å². The Bertz CT molecular complexity index is 937. The smallest absolute Gasteiger partial charge is 0.416 e. The van der Waals surface area contributed by atoms with Crippen molar-refractivity contribution in [2.75, 3.05) is 26.4 Å². The molecule has 2 aliphatic rings. The van der Waals surface area contributed by atoms with Crippen LogP contribution in [0, 0.1) is 11.8 Å². The molecule has 9 nitrogen and oxygen atoms in total. The van der Waals surface area contributed by atoms with Crippen molar-refractivity contribution in [3.63, 3.8) is 0 Å². The summed E-state index contributed by atoms with van der Waals surface area (Å²) in [5, 5.41) is 20.1. The van der Waals surface area contributed by atoms with E-state index in [4.69, 9.17) is 19.3 Å². The number of carbonyl (C=O) groups is 3. The molecule has 2 aliphatic heterocycles. The molecule has 2 N–H and O–H groups in total. The monoisotopic (exact) mass is 553 g/mol. The Labute approximate surface area is 213 Å². The van der Waals surface area contributed by atoms with E-state index >= 15 is 0 Å². The highest BCUT2D eigenvalue weighted by Gasteiger charge is 2.50. The number of rotatable bonds is 11. The first-order valence-electron chi connectivity index (χ1n) is 11.7. The van der Waals surface area contributed by atoms with Gasteiger partial charge in [0.1, 0.15) is 12.7 Å². The minimum Gasteiger partial charge on any atom is -0.447 e. The minimum atomic E-state index is -1.85. The summed E-state index contributed by atoms with van der Waals surface area (Å²) in [7, 11) is 0. The van der Waals surface area contributed by atoms with Crippen molar-refractivity contribution in [2.24, 2.45) is 11.8 Å². The van der Waals surface area contributed by atoms with Crippen LogP contribution in [-0.4, -0.2) is 77.3 Å². The number of benzene rings is 1. The highest BCUT2D eigenvalue weighted by Crippen LogP contribution is 2.38. The third kappa shape index (κ3) is 6.56. The number of aliphatic hydroxyl groups excluding tert-OH is 1. The maximum absolute atomic E-state index is 13.8. The number of nitrogens with zero attached hydrogens (tertiary/aromatic N) is 1. The van der Waals surface area contributed by atoms with Gasteiger partial charge in [-0.25, -0.2) is 9.69 Å². The zero-order chi connectivity index (χ0) is 25.6. The number of hydrogen-bond acceptors (Lipinski definition) is 8.